The third-order valence-corrected chi connectivity index (χ3v) is 4.71. The van der Waals surface area contributed by atoms with Crippen molar-refractivity contribution in [1.82, 2.24) is 10.2 Å². The Morgan fingerprint density at radius 2 is 1.93 bits per heavy atom. The maximum Gasteiger partial charge on any atom is 0.308 e. The first-order chi connectivity index (χ1) is 12.6. The second-order valence-corrected chi connectivity index (χ2v) is 6.19. The van der Waals surface area contributed by atoms with Crippen LogP contribution in [0.1, 0.15) is 18.4 Å². The first kappa shape index (κ1) is 23.3. The van der Waals surface area contributed by atoms with Crippen LogP contribution in [0.25, 0.3) is 0 Å². The number of hydrogen-bond donors (Lipinski definition) is 1. The average molecular weight is 491 g/mol. The molecule has 0 aliphatic carbocycles. The van der Waals surface area contributed by atoms with E-state index in [2.05, 4.69) is 15.2 Å². The molecule has 1 N–H and O–H groups in total. The number of likely N-dealkylation sites (tertiary alicyclic amines) is 1. The van der Waals surface area contributed by atoms with E-state index in [1.165, 1.54) is 7.11 Å². The van der Waals surface area contributed by atoms with Gasteiger partial charge in [-0.2, -0.15) is 0 Å². The Bertz CT molecular complexity index is 631. The summed E-state index contributed by atoms with van der Waals surface area (Å²) in [6.07, 6.45) is 2.37. The van der Waals surface area contributed by atoms with Crippen molar-refractivity contribution >= 4 is 35.9 Å². The van der Waals surface area contributed by atoms with E-state index in [1.54, 1.807) is 21.3 Å². The van der Waals surface area contributed by atoms with Gasteiger partial charge >= 0.3 is 5.97 Å². The first-order valence-electron chi connectivity index (χ1n) is 8.87. The minimum Gasteiger partial charge on any atom is -0.497 e. The molecule has 8 heteroatoms. The molecule has 0 spiro atoms. The van der Waals surface area contributed by atoms with Crippen LogP contribution in [0, 0.1) is 5.92 Å². The van der Waals surface area contributed by atoms with Gasteiger partial charge < -0.3 is 24.4 Å². The SMILES string of the molecule is CN=C(NCCc1cc(OC)ccc1OC)N1CCC(C(=O)OC)CC1.I. The van der Waals surface area contributed by atoms with Crippen LogP contribution in [0.5, 0.6) is 11.5 Å². The van der Waals surface area contributed by atoms with Crippen molar-refractivity contribution in [3.63, 3.8) is 0 Å². The number of esters is 1. The summed E-state index contributed by atoms with van der Waals surface area (Å²) in [5.74, 6) is 2.40. The number of guanidine groups is 1. The molecule has 152 valence electrons. The van der Waals surface area contributed by atoms with Crippen molar-refractivity contribution in [3.8, 4) is 11.5 Å². The Hall–Kier alpha value is -1.71. The predicted octanol–water partition coefficient (Wildman–Crippen LogP) is 2.32. The van der Waals surface area contributed by atoms with Crippen LogP contribution in [0.3, 0.4) is 0 Å². The molecule has 0 atom stereocenters. The Balaban J connectivity index is 0.00000364. The van der Waals surface area contributed by atoms with Crippen LogP contribution in [0.4, 0.5) is 0 Å². The number of hydrogen-bond acceptors (Lipinski definition) is 5. The predicted molar refractivity (Wildman–Crippen MR) is 116 cm³/mol. The molecule has 0 radical (unpaired) electrons. The summed E-state index contributed by atoms with van der Waals surface area (Å²) in [5, 5.41) is 3.40. The lowest BCUT2D eigenvalue weighted by atomic mass is 9.97. The lowest BCUT2D eigenvalue weighted by molar-refractivity contribution is -0.146. The molecule has 27 heavy (non-hydrogen) atoms. The summed E-state index contributed by atoms with van der Waals surface area (Å²) in [6.45, 7) is 2.32. The first-order valence-corrected chi connectivity index (χ1v) is 8.87. The van der Waals surface area contributed by atoms with Crippen LogP contribution in [-0.4, -0.2) is 64.8 Å². The summed E-state index contributed by atoms with van der Waals surface area (Å²) < 4.78 is 15.6. The zero-order chi connectivity index (χ0) is 18.9. The van der Waals surface area contributed by atoms with Gasteiger partial charge in [-0.05, 0) is 43.0 Å². The smallest absolute Gasteiger partial charge is 0.308 e. The van der Waals surface area contributed by atoms with Crippen LogP contribution in [-0.2, 0) is 16.0 Å². The maximum absolute atomic E-state index is 11.6. The molecule has 0 bridgehead atoms. The molecular weight excluding hydrogens is 461 g/mol. The molecule has 0 saturated carbocycles. The molecule has 1 fully saturated rings. The number of nitrogens with zero attached hydrogens (tertiary/aromatic N) is 2. The molecule has 1 aliphatic rings. The van der Waals surface area contributed by atoms with Crippen LogP contribution in [0.2, 0.25) is 0 Å². The average Bonchev–Trinajstić information content (AvgIpc) is 2.70. The van der Waals surface area contributed by atoms with Gasteiger partial charge in [0.1, 0.15) is 11.5 Å². The number of piperidine rings is 1. The second-order valence-electron chi connectivity index (χ2n) is 6.19. The number of nitrogens with one attached hydrogen (secondary N) is 1. The third kappa shape index (κ3) is 6.44. The highest BCUT2D eigenvalue weighted by atomic mass is 127. The monoisotopic (exact) mass is 491 g/mol. The van der Waals surface area contributed by atoms with Crippen molar-refractivity contribution in [3.05, 3.63) is 23.8 Å². The van der Waals surface area contributed by atoms with E-state index in [1.807, 2.05) is 18.2 Å². The van der Waals surface area contributed by atoms with Gasteiger partial charge in [-0.25, -0.2) is 0 Å². The summed E-state index contributed by atoms with van der Waals surface area (Å²) in [4.78, 5) is 18.2. The Kier molecular flexibility index (Phi) is 10.3. The minimum atomic E-state index is -0.113. The van der Waals surface area contributed by atoms with Gasteiger partial charge in [0.2, 0.25) is 0 Å². The van der Waals surface area contributed by atoms with E-state index in [4.69, 9.17) is 14.2 Å². The number of carbonyl (C=O) groups excluding carboxylic acids is 1. The van der Waals surface area contributed by atoms with E-state index in [9.17, 15) is 4.79 Å². The van der Waals surface area contributed by atoms with Gasteiger partial charge in [-0.1, -0.05) is 0 Å². The molecule has 1 aliphatic heterocycles. The van der Waals surface area contributed by atoms with Crippen molar-refractivity contribution in [2.24, 2.45) is 10.9 Å². The highest BCUT2D eigenvalue weighted by Crippen LogP contribution is 2.24. The van der Waals surface area contributed by atoms with Crippen molar-refractivity contribution in [2.75, 3.05) is 48.0 Å². The molecule has 0 unspecified atom stereocenters. The van der Waals surface area contributed by atoms with Gasteiger partial charge in [0.05, 0.1) is 27.2 Å². The lowest BCUT2D eigenvalue weighted by Gasteiger charge is -2.33. The fourth-order valence-electron chi connectivity index (χ4n) is 3.21. The number of methoxy groups -OCH3 is 3. The lowest BCUT2D eigenvalue weighted by Crippen LogP contribution is -2.47. The Morgan fingerprint density at radius 3 is 2.48 bits per heavy atom. The fourth-order valence-corrected chi connectivity index (χ4v) is 3.21. The molecule has 1 aromatic carbocycles. The Labute approximate surface area is 178 Å². The van der Waals surface area contributed by atoms with E-state index >= 15 is 0 Å². The quantitative estimate of drug-likeness (QED) is 0.285. The zero-order valence-electron chi connectivity index (χ0n) is 16.5. The molecule has 0 amide bonds. The van der Waals surface area contributed by atoms with E-state index in [0.717, 1.165) is 61.9 Å². The maximum atomic E-state index is 11.6. The number of carbonyl (C=O) groups is 1. The number of benzene rings is 1. The minimum absolute atomic E-state index is 0. The van der Waals surface area contributed by atoms with Gasteiger partial charge in [-0.15, -0.1) is 24.0 Å². The van der Waals surface area contributed by atoms with Gasteiger partial charge in [0, 0.05) is 26.7 Å². The summed E-state index contributed by atoms with van der Waals surface area (Å²) in [7, 11) is 6.55. The number of ether oxygens (including phenoxy) is 3. The number of aliphatic imine (C=N–C) groups is 1. The van der Waals surface area contributed by atoms with Crippen molar-refractivity contribution in [1.29, 1.82) is 0 Å². The topological polar surface area (TPSA) is 72.4 Å². The van der Waals surface area contributed by atoms with Crippen LogP contribution >= 0.6 is 24.0 Å². The zero-order valence-corrected chi connectivity index (χ0v) is 18.8. The molecule has 0 aromatic heterocycles. The summed E-state index contributed by atoms with van der Waals surface area (Å²) in [6, 6.07) is 5.80. The fraction of sp³-hybridized carbons (Fsp3) is 0.579. The normalized spacial score (nSPS) is 15.0. The van der Waals surface area contributed by atoms with E-state index in [0.29, 0.717) is 0 Å². The van der Waals surface area contributed by atoms with Crippen LogP contribution < -0.4 is 14.8 Å². The number of halogens is 1. The van der Waals surface area contributed by atoms with Crippen molar-refractivity contribution < 1.29 is 19.0 Å². The van der Waals surface area contributed by atoms with E-state index < -0.39 is 0 Å². The molecule has 1 heterocycles. The van der Waals surface area contributed by atoms with Gasteiger partial charge in [-0.3, -0.25) is 9.79 Å². The molecule has 2 rings (SSSR count). The highest BCUT2D eigenvalue weighted by Gasteiger charge is 2.26. The molecule has 1 aromatic rings. The molecule has 1 saturated heterocycles. The number of rotatable bonds is 6. The largest absolute Gasteiger partial charge is 0.497 e. The van der Waals surface area contributed by atoms with Crippen LogP contribution in [0.15, 0.2) is 23.2 Å². The Morgan fingerprint density at radius 1 is 1.22 bits per heavy atom. The molecule has 7 nitrogen and oxygen atoms in total. The van der Waals surface area contributed by atoms with Crippen molar-refractivity contribution in [2.45, 2.75) is 19.3 Å². The standard InChI is InChI=1S/C19H29N3O4.HI/c1-20-19(22-11-8-14(9-12-22)18(23)26-4)21-10-7-15-13-16(24-2)5-6-17(15)25-3;/h5-6,13-14H,7-12H2,1-4H3,(H,20,21);1H. The van der Waals surface area contributed by atoms with Gasteiger partial charge in [0.25, 0.3) is 0 Å². The second kappa shape index (κ2) is 11.9. The van der Waals surface area contributed by atoms with Gasteiger partial charge in [0.15, 0.2) is 5.96 Å². The van der Waals surface area contributed by atoms with E-state index in [-0.39, 0.29) is 35.9 Å². The summed E-state index contributed by atoms with van der Waals surface area (Å²) >= 11 is 0. The highest BCUT2D eigenvalue weighted by molar-refractivity contribution is 14.0. The third-order valence-electron chi connectivity index (χ3n) is 4.71. The summed E-state index contributed by atoms with van der Waals surface area (Å²) in [5.41, 5.74) is 1.08. The molecular formula is C19H30IN3O4.